The highest BCUT2D eigenvalue weighted by Gasteiger charge is 2.26. The zero-order valence-corrected chi connectivity index (χ0v) is 14.0. The van der Waals surface area contributed by atoms with Crippen LogP contribution >= 0.6 is 0 Å². The van der Waals surface area contributed by atoms with E-state index in [0.29, 0.717) is 5.69 Å². The monoisotopic (exact) mass is 328 g/mol. The van der Waals surface area contributed by atoms with E-state index in [4.69, 9.17) is 0 Å². The SMILES string of the molecule is Cc1ccccc1NC(=O)C(NC(=O)c1ccccc1F)C(C)C. The van der Waals surface area contributed by atoms with Crippen molar-refractivity contribution in [2.45, 2.75) is 26.8 Å². The Morgan fingerprint density at radius 3 is 2.25 bits per heavy atom. The molecule has 5 heteroatoms. The summed E-state index contributed by atoms with van der Waals surface area (Å²) in [4.78, 5) is 24.8. The predicted molar refractivity (Wildman–Crippen MR) is 92.3 cm³/mol. The molecule has 2 aromatic rings. The number of carbonyl (C=O) groups excluding carboxylic acids is 2. The van der Waals surface area contributed by atoms with Gasteiger partial charge in [0.25, 0.3) is 5.91 Å². The van der Waals surface area contributed by atoms with Gasteiger partial charge in [-0.3, -0.25) is 9.59 Å². The molecule has 0 saturated carbocycles. The van der Waals surface area contributed by atoms with Crippen molar-refractivity contribution in [3.05, 3.63) is 65.5 Å². The molecule has 2 N–H and O–H groups in total. The summed E-state index contributed by atoms with van der Waals surface area (Å²) in [5, 5.41) is 5.44. The molecule has 4 nitrogen and oxygen atoms in total. The van der Waals surface area contributed by atoms with Crippen LogP contribution in [-0.4, -0.2) is 17.9 Å². The van der Waals surface area contributed by atoms with E-state index in [1.165, 1.54) is 18.2 Å². The van der Waals surface area contributed by atoms with Gasteiger partial charge in [-0.1, -0.05) is 44.2 Å². The minimum Gasteiger partial charge on any atom is -0.340 e. The number of carbonyl (C=O) groups is 2. The van der Waals surface area contributed by atoms with Gasteiger partial charge in [-0.2, -0.15) is 0 Å². The number of benzene rings is 2. The third-order valence-electron chi connectivity index (χ3n) is 3.76. The average molecular weight is 328 g/mol. The largest absolute Gasteiger partial charge is 0.340 e. The Hall–Kier alpha value is -2.69. The van der Waals surface area contributed by atoms with Gasteiger partial charge in [0.05, 0.1) is 5.56 Å². The molecule has 1 atom stereocenters. The molecule has 0 fully saturated rings. The number of hydrogen-bond acceptors (Lipinski definition) is 2. The van der Waals surface area contributed by atoms with E-state index in [-0.39, 0.29) is 17.4 Å². The van der Waals surface area contributed by atoms with Gasteiger partial charge < -0.3 is 10.6 Å². The van der Waals surface area contributed by atoms with Crippen LogP contribution in [0, 0.1) is 18.7 Å². The molecule has 0 heterocycles. The van der Waals surface area contributed by atoms with Crippen molar-refractivity contribution >= 4 is 17.5 Å². The molecule has 0 radical (unpaired) electrons. The summed E-state index contributed by atoms with van der Waals surface area (Å²) >= 11 is 0. The van der Waals surface area contributed by atoms with Crippen LogP contribution in [0.15, 0.2) is 48.5 Å². The highest BCUT2D eigenvalue weighted by molar-refractivity contribution is 6.01. The lowest BCUT2D eigenvalue weighted by molar-refractivity contribution is -0.118. The van der Waals surface area contributed by atoms with Gasteiger partial charge in [-0.15, -0.1) is 0 Å². The summed E-state index contributed by atoms with van der Waals surface area (Å²) in [5.41, 5.74) is 1.54. The molecule has 0 aliphatic carbocycles. The summed E-state index contributed by atoms with van der Waals surface area (Å²) in [6.07, 6.45) is 0. The van der Waals surface area contributed by atoms with Gasteiger partial charge in [-0.25, -0.2) is 4.39 Å². The number of anilines is 1. The lowest BCUT2D eigenvalue weighted by atomic mass is 10.0. The molecule has 2 rings (SSSR count). The zero-order chi connectivity index (χ0) is 17.7. The van der Waals surface area contributed by atoms with Crippen LogP contribution in [-0.2, 0) is 4.79 Å². The Morgan fingerprint density at radius 2 is 1.62 bits per heavy atom. The second-order valence-electron chi connectivity index (χ2n) is 5.98. The zero-order valence-electron chi connectivity index (χ0n) is 14.0. The molecule has 2 amide bonds. The summed E-state index contributed by atoms with van der Waals surface area (Å²) < 4.78 is 13.7. The van der Waals surface area contributed by atoms with Crippen molar-refractivity contribution in [3.63, 3.8) is 0 Å². The molecule has 0 bridgehead atoms. The standard InChI is InChI=1S/C19H21FN2O2/c1-12(2)17(19(24)21-16-11-7-4-8-13(16)3)22-18(23)14-9-5-6-10-15(14)20/h4-12,17H,1-3H3,(H,21,24)(H,22,23). The van der Waals surface area contributed by atoms with E-state index in [2.05, 4.69) is 10.6 Å². The molecule has 0 saturated heterocycles. The molecule has 0 aromatic heterocycles. The van der Waals surface area contributed by atoms with E-state index in [0.717, 1.165) is 5.56 Å². The maximum Gasteiger partial charge on any atom is 0.254 e. The van der Waals surface area contributed by atoms with Crippen LogP contribution in [0.25, 0.3) is 0 Å². The third-order valence-corrected chi connectivity index (χ3v) is 3.76. The fourth-order valence-electron chi connectivity index (χ4n) is 2.32. The Labute approximate surface area is 141 Å². The van der Waals surface area contributed by atoms with Crippen molar-refractivity contribution in [3.8, 4) is 0 Å². The van der Waals surface area contributed by atoms with Crippen molar-refractivity contribution in [2.75, 3.05) is 5.32 Å². The van der Waals surface area contributed by atoms with E-state index in [9.17, 15) is 14.0 Å². The number of halogens is 1. The van der Waals surface area contributed by atoms with Crippen LogP contribution in [0.3, 0.4) is 0 Å². The Balaban J connectivity index is 2.15. The molecular formula is C19H21FN2O2. The van der Waals surface area contributed by atoms with Crippen LogP contribution in [0.4, 0.5) is 10.1 Å². The van der Waals surface area contributed by atoms with E-state index in [1.54, 1.807) is 12.1 Å². The van der Waals surface area contributed by atoms with E-state index >= 15 is 0 Å². The molecule has 126 valence electrons. The molecule has 0 spiro atoms. The van der Waals surface area contributed by atoms with E-state index < -0.39 is 17.8 Å². The number of para-hydroxylation sites is 1. The van der Waals surface area contributed by atoms with E-state index in [1.807, 2.05) is 39.0 Å². The summed E-state index contributed by atoms with van der Waals surface area (Å²) in [5.74, 6) is -1.70. The first-order valence-electron chi connectivity index (χ1n) is 7.82. The Bertz CT molecular complexity index is 744. The minimum absolute atomic E-state index is 0.0770. The average Bonchev–Trinajstić information content (AvgIpc) is 2.54. The van der Waals surface area contributed by atoms with Crippen molar-refractivity contribution < 1.29 is 14.0 Å². The highest BCUT2D eigenvalue weighted by atomic mass is 19.1. The number of amides is 2. The van der Waals surface area contributed by atoms with Crippen molar-refractivity contribution in [1.82, 2.24) is 5.32 Å². The Morgan fingerprint density at radius 1 is 1.00 bits per heavy atom. The number of nitrogens with one attached hydrogen (secondary N) is 2. The fourth-order valence-corrected chi connectivity index (χ4v) is 2.32. The van der Waals surface area contributed by atoms with Crippen LogP contribution in [0.5, 0.6) is 0 Å². The third kappa shape index (κ3) is 4.19. The lowest BCUT2D eigenvalue weighted by Gasteiger charge is -2.22. The predicted octanol–water partition coefficient (Wildman–Crippen LogP) is 3.53. The van der Waals surface area contributed by atoms with Gasteiger partial charge in [0.15, 0.2) is 0 Å². The van der Waals surface area contributed by atoms with Gasteiger partial charge in [0.2, 0.25) is 5.91 Å². The van der Waals surface area contributed by atoms with Crippen LogP contribution < -0.4 is 10.6 Å². The smallest absolute Gasteiger partial charge is 0.254 e. The van der Waals surface area contributed by atoms with Crippen molar-refractivity contribution in [2.24, 2.45) is 5.92 Å². The summed E-state index contributed by atoms with van der Waals surface area (Å²) in [7, 11) is 0. The first-order valence-corrected chi connectivity index (χ1v) is 7.82. The highest BCUT2D eigenvalue weighted by Crippen LogP contribution is 2.15. The maximum atomic E-state index is 13.7. The normalized spacial score (nSPS) is 11.9. The fraction of sp³-hybridized carbons (Fsp3) is 0.263. The molecule has 1 unspecified atom stereocenters. The van der Waals surface area contributed by atoms with Crippen molar-refractivity contribution in [1.29, 1.82) is 0 Å². The van der Waals surface area contributed by atoms with Crippen LogP contribution in [0.2, 0.25) is 0 Å². The van der Waals surface area contributed by atoms with Gasteiger partial charge in [0.1, 0.15) is 11.9 Å². The number of hydrogen-bond donors (Lipinski definition) is 2. The summed E-state index contributed by atoms with van der Waals surface area (Å²) in [6, 6.07) is 12.3. The van der Waals surface area contributed by atoms with Crippen LogP contribution in [0.1, 0.15) is 29.8 Å². The molecule has 24 heavy (non-hydrogen) atoms. The molecule has 2 aromatic carbocycles. The molecule has 0 aliphatic heterocycles. The topological polar surface area (TPSA) is 58.2 Å². The quantitative estimate of drug-likeness (QED) is 0.882. The van der Waals surface area contributed by atoms with Gasteiger partial charge in [-0.05, 0) is 36.6 Å². The van der Waals surface area contributed by atoms with Gasteiger partial charge in [0, 0.05) is 5.69 Å². The summed E-state index contributed by atoms with van der Waals surface area (Å²) in [6.45, 7) is 5.53. The molecule has 0 aliphatic rings. The first kappa shape index (κ1) is 17.7. The second kappa shape index (κ2) is 7.73. The first-order chi connectivity index (χ1) is 11.4. The lowest BCUT2D eigenvalue weighted by Crippen LogP contribution is -2.47. The number of aryl methyl sites for hydroxylation is 1. The minimum atomic E-state index is -0.767. The van der Waals surface area contributed by atoms with Gasteiger partial charge >= 0.3 is 0 Å². The number of rotatable bonds is 5. The second-order valence-corrected chi connectivity index (χ2v) is 5.98. The Kier molecular flexibility index (Phi) is 5.68. The maximum absolute atomic E-state index is 13.7. The molecular weight excluding hydrogens is 307 g/mol.